The fourth-order valence-corrected chi connectivity index (χ4v) is 5.17. The number of esters is 1. The Kier molecular flexibility index (Phi) is 13.7. The highest BCUT2D eigenvalue weighted by Gasteiger charge is 2.35. The summed E-state index contributed by atoms with van der Waals surface area (Å²) in [5.41, 5.74) is 3.26. The molecule has 7 heteroatoms. The molecule has 222 valence electrons. The van der Waals surface area contributed by atoms with Crippen molar-refractivity contribution in [2.45, 2.75) is 84.8 Å². The summed E-state index contributed by atoms with van der Waals surface area (Å²) in [5.74, 6) is 0.903. The number of benzene rings is 2. The molecule has 2 heterocycles. The first-order valence-electron chi connectivity index (χ1n) is 14.6. The van der Waals surface area contributed by atoms with Crippen molar-refractivity contribution in [2.75, 3.05) is 39.2 Å². The van der Waals surface area contributed by atoms with E-state index in [0.29, 0.717) is 18.4 Å². The summed E-state index contributed by atoms with van der Waals surface area (Å²) in [6.07, 6.45) is 4.02. The van der Waals surface area contributed by atoms with E-state index >= 15 is 0 Å². The lowest BCUT2D eigenvalue weighted by Crippen LogP contribution is -2.48. The summed E-state index contributed by atoms with van der Waals surface area (Å²) >= 11 is 1.70. The molecule has 2 aromatic carbocycles. The fourth-order valence-electron chi connectivity index (χ4n) is 4.76. The van der Waals surface area contributed by atoms with Crippen LogP contribution in [0.1, 0.15) is 75.0 Å². The molecule has 1 atom stereocenters. The number of Topliss-reactive ketones (excluding diaryl/α,β-unsaturated/α-hetero) is 1. The second-order valence-corrected chi connectivity index (χ2v) is 11.4. The zero-order valence-corrected chi connectivity index (χ0v) is 26.8. The van der Waals surface area contributed by atoms with Gasteiger partial charge in [-0.25, -0.2) is 4.79 Å². The third-order valence-corrected chi connectivity index (χ3v) is 7.90. The van der Waals surface area contributed by atoms with Gasteiger partial charge in [-0.05, 0) is 89.1 Å². The van der Waals surface area contributed by atoms with Gasteiger partial charge in [0.1, 0.15) is 5.75 Å². The molecule has 2 aliphatic heterocycles. The number of hydrogen-bond donors (Lipinski definition) is 0. The molecule has 2 saturated heterocycles. The van der Waals surface area contributed by atoms with Crippen LogP contribution in [0.2, 0.25) is 0 Å². The molecule has 2 fully saturated rings. The molecule has 0 bridgehead atoms. The lowest BCUT2D eigenvalue weighted by molar-refractivity contribution is -0.158. The third-order valence-electron chi connectivity index (χ3n) is 7.15. The van der Waals surface area contributed by atoms with Crippen molar-refractivity contribution in [1.82, 2.24) is 4.90 Å². The first-order chi connectivity index (χ1) is 19.1. The summed E-state index contributed by atoms with van der Waals surface area (Å²) in [4.78, 5) is 27.9. The molecule has 0 radical (unpaired) electrons. The fraction of sp³-hybridized carbons (Fsp3) is 0.576. The van der Waals surface area contributed by atoms with Crippen molar-refractivity contribution in [1.29, 1.82) is 0 Å². The maximum Gasteiger partial charge on any atom is 0.349 e. The number of aryl methyl sites for hydroxylation is 3. The van der Waals surface area contributed by atoms with Gasteiger partial charge in [0.2, 0.25) is 0 Å². The normalized spacial score (nSPS) is 17.1. The molecule has 2 aromatic rings. The predicted octanol–water partition coefficient (Wildman–Crippen LogP) is 6.92. The Bertz CT molecular complexity index is 1070. The molecule has 6 nitrogen and oxygen atoms in total. The van der Waals surface area contributed by atoms with Crippen LogP contribution in [0.15, 0.2) is 41.3 Å². The summed E-state index contributed by atoms with van der Waals surface area (Å²) < 4.78 is 16.2. The Hall–Kier alpha value is -2.35. The van der Waals surface area contributed by atoms with Crippen LogP contribution in [0, 0.1) is 19.8 Å². The van der Waals surface area contributed by atoms with Gasteiger partial charge in [0.15, 0.2) is 11.4 Å². The minimum absolute atomic E-state index is 0.167. The number of likely N-dealkylation sites (tertiary alicyclic amines) is 1. The monoisotopic (exact) mass is 571 g/mol. The van der Waals surface area contributed by atoms with E-state index in [1.807, 2.05) is 58.2 Å². The molecule has 4 rings (SSSR count). The van der Waals surface area contributed by atoms with Crippen molar-refractivity contribution in [3.05, 3.63) is 58.7 Å². The zero-order valence-electron chi connectivity index (χ0n) is 26.0. The number of nitrogens with zero attached hydrogens (tertiary/aromatic N) is 1. The maximum absolute atomic E-state index is 12.5. The van der Waals surface area contributed by atoms with E-state index in [-0.39, 0.29) is 11.9 Å². The lowest BCUT2D eigenvalue weighted by Gasteiger charge is -2.34. The van der Waals surface area contributed by atoms with Gasteiger partial charge in [-0.15, -0.1) is 11.8 Å². The van der Waals surface area contributed by atoms with Crippen LogP contribution in [0.5, 0.6) is 5.75 Å². The summed E-state index contributed by atoms with van der Waals surface area (Å²) in [7, 11) is 0. The molecule has 0 spiro atoms. The second-order valence-electron chi connectivity index (χ2n) is 10.5. The number of hydrogen-bond acceptors (Lipinski definition) is 7. The predicted molar refractivity (Wildman–Crippen MR) is 165 cm³/mol. The maximum atomic E-state index is 12.5. The van der Waals surface area contributed by atoms with Crippen LogP contribution >= 0.6 is 11.8 Å². The Balaban J connectivity index is 0.000000264. The van der Waals surface area contributed by atoms with Crippen molar-refractivity contribution in [2.24, 2.45) is 5.92 Å². The zero-order chi connectivity index (χ0) is 29.9. The van der Waals surface area contributed by atoms with Gasteiger partial charge in [0, 0.05) is 22.9 Å². The van der Waals surface area contributed by atoms with E-state index in [4.69, 9.17) is 14.2 Å². The van der Waals surface area contributed by atoms with Crippen molar-refractivity contribution in [3.8, 4) is 5.75 Å². The van der Waals surface area contributed by atoms with Gasteiger partial charge in [-0.1, -0.05) is 45.0 Å². The van der Waals surface area contributed by atoms with Crippen LogP contribution in [0.4, 0.5) is 0 Å². The first-order valence-corrected chi connectivity index (χ1v) is 15.8. The van der Waals surface area contributed by atoms with Crippen molar-refractivity contribution < 1.29 is 23.8 Å². The van der Waals surface area contributed by atoms with E-state index in [9.17, 15) is 9.59 Å². The minimum Gasteiger partial charge on any atom is -0.476 e. The van der Waals surface area contributed by atoms with Gasteiger partial charge in [0.25, 0.3) is 0 Å². The Morgan fingerprint density at radius 3 is 2.12 bits per heavy atom. The van der Waals surface area contributed by atoms with E-state index in [0.717, 1.165) is 61.6 Å². The number of thioether (sulfide) groups is 1. The molecule has 40 heavy (non-hydrogen) atoms. The molecular formula is C33H49NO5S. The quantitative estimate of drug-likeness (QED) is 0.184. The Morgan fingerprint density at radius 2 is 1.65 bits per heavy atom. The number of ether oxygens (including phenoxy) is 3. The largest absolute Gasteiger partial charge is 0.476 e. The Labute approximate surface area is 246 Å². The van der Waals surface area contributed by atoms with E-state index in [1.54, 1.807) is 32.5 Å². The van der Waals surface area contributed by atoms with Crippen LogP contribution in [0.3, 0.4) is 0 Å². The van der Waals surface area contributed by atoms with E-state index in [2.05, 4.69) is 24.0 Å². The highest BCUT2D eigenvalue weighted by molar-refractivity contribution is 7.98. The van der Waals surface area contributed by atoms with E-state index in [1.165, 1.54) is 10.5 Å². The van der Waals surface area contributed by atoms with Gasteiger partial charge in [-0.3, -0.25) is 9.69 Å². The average Bonchev–Trinajstić information content (AvgIpc) is 3.40. The van der Waals surface area contributed by atoms with Gasteiger partial charge >= 0.3 is 5.97 Å². The summed E-state index contributed by atoms with van der Waals surface area (Å²) in [6.45, 7) is 19.4. The topological polar surface area (TPSA) is 65.1 Å². The summed E-state index contributed by atoms with van der Waals surface area (Å²) in [6, 6.07) is 12.7. The third kappa shape index (κ3) is 9.08. The van der Waals surface area contributed by atoms with Crippen LogP contribution < -0.4 is 4.74 Å². The second kappa shape index (κ2) is 16.2. The van der Waals surface area contributed by atoms with Crippen LogP contribution in [0.25, 0.3) is 0 Å². The Morgan fingerprint density at radius 1 is 1.05 bits per heavy atom. The van der Waals surface area contributed by atoms with Gasteiger partial charge < -0.3 is 14.2 Å². The molecule has 2 aliphatic rings. The molecule has 0 aliphatic carbocycles. The molecule has 0 saturated carbocycles. The number of ketones is 1. The minimum atomic E-state index is -0.973. The average molecular weight is 572 g/mol. The van der Waals surface area contributed by atoms with Gasteiger partial charge in [-0.2, -0.15) is 0 Å². The summed E-state index contributed by atoms with van der Waals surface area (Å²) in [5, 5.41) is 0. The number of carbonyl (C=O) groups is 2. The van der Waals surface area contributed by atoms with Crippen LogP contribution in [-0.4, -0.2) is 67.5 Å². The SMILES string of the molecule is CC.CCOC(=O)C(C)(C)Oc1c(C)cc(CC)cc1C.CSc1ccc(C(=O)C2CCN(C3COC3)C2)cc1. The van der Waals surface area contributed by atoms with E-state index < -0.39 is 5.60 Å². The van der Waals surface area contributed by atoms with Crippen molar-refractivity contribution in [3.63, 3.8) is 0 Å². The molecule has 0 amide bonds. The molecule has 0 aromatic heterocycles. The highest BCUT2D eigenvalue weighted by Crippen LogP contribution is 2.29. The van der Waals surface area contributed by atoms with Crippen molar-refractivity contribution >= 4 is 23.5 Å². The van der Waals surface area contributed by atoms with Crippen LogP contribution in [-0.2, 0) is 20.7 Å². The smallest absolute Gasteiger partial charge is 0.349 e. The molecular weight excluding hydrogens is 522 g/mol. The standard InChI is InChI=1S/C16H24O3.C15H19NO2S.C2H6/c1-7-13-9-11(3)14(12(4)10-13)19-16(5,6)15(17)18-8-2;1-19-14-4-2-11(3-5-14)15(17)12-6-7-16(8-12)13-9-18-10-13;1-2/h9-10H,7-8H2,1-6H3;2-5,12-13H,6-10H2,1H3;1-2H3. The molecule has 0 N–H and O–H groups in total. The lowest BCUT2D eigenvalue weighted by atomic mass is 9.97. The molecule has 1 unspecified atom stereocenters. The highest BCUT2D eigenvalue weighted by atomic mass is 32.2. The number of rotatable bonds is 9. The first kappa shape index (κ1) is 33.9. The number of carbonyl (C=O) groups excluding carboxylic acids is 2. The van der Waals surface area contributed by atoms with Gasteiger partial charge in [0.05, 0.1) is 25.9 Å².